The molecule has 3 unspecified atom stereocenters. The van der Waals surface area contributed by atoms with Crippen molar-refractivity contribution in [3.8, 4) is 11.5 Å². The summed E-state index contributed by atoms with van der Waals surface area (Å²) in [7, 11) is 0. The van der Waals surface area contributed by atoms with E-state index in [9.17, 15) is 19.8 Å². The van der Waals surface area contributed by atoms with Crippen molar-refractivity contribution in [2.75, 3.05) is 13.2 Å². The SMILES string of the molecule is CCCCCOC(=O)C1(C(=O)O)Oc2ccc(CC(C)NCC(O)c3cccc(Cl)c3)cc2O1. The molecule has 0 bridgehead atoms. The summed E-state index contributed by atoms with van der Waals surface area (Å²) in [6, 6.07) is 12.1. The molecule has 0 fully saturated rings. The van der Waals surface area contributed by atoms with Gasteiger partial charge in [0.1, 0.15) is 0 Å². The molecule has 0 saturated carbocycles. The Morgan fingerprint density at radius 2 is 1.91 bits per heavy atom. The fraction of sp³-hybridized carbons (Fsp3) is 0.440. The third kappa shape index (κ3) is 6.20. The fourth-order valence-electron chi connectivity index (χ4n) is 3.61. The first-order valence-corrected chi connectivity index (χ1v) is 11.7. The maximum atomic E-state index is 12.5. The van der Waals surface area contributed by atoms with E-state index < -0.39 is 23.8 Å². The lowest BCUT2D eigenvalue weighted by Crippen LogP contribution is -2.55. The zero-order valence-electron chi connectivity index (χ0n) is 19.3. The van der Waals surface area contributed by atoms with E-state index in [0.29, 0.717) is 24.4 Å². The van der Waals surface area contributed by atoms with Crippen molar-refractivity contribution in [1.29, 1.82) is 0 Å². The smallest absolute Gasteiger partial charge is 0.453 e. The molecule has 3 atom stereocenters. The van der Waals surface area contributed by atoms with Crippen LogP contribution in [0, 0.1) is 0 Å². The van der Waals surface area contributed by atoms with Crippen LogP contribution in [0.5, 0.6) is 11.5 Å². The minimum atomic E-state index is -2.54. The first kappa shape index (κ1) is 25.8. The number of carbonyl (C=O) groups is 2. The molecule has 0 radical (unpaired) electrons. The molecule has 8 nitrogen and oxygen atoms in total. The molecule has 0 spiro atoms. The Morgan fingerprint density at radius 3 is 2.62 bits per heavy atom. The lowest BCUT2D eigenvalue weighted by molar-refractivity contribution is -0.198. The number of nitrogens with one attached hydrogen (secondary N) is 1. The number of benzene rings is 2. The highest BCUT2D eigenvalue weighted by molar-refractivity contribution is 6.30. The Hall–Kier alpha value is -2.81. The van der Waals surface area contributed by atoms with Crippen LogP contribution in [-0.2, 0) is 20.7 Å². The van der Waals surface area contributed by atoms with Crippen molar-refractivity contribution >= 4 is 23.5 Å². The maximum Gasteiger partial charge on any atom is 0.453 e. The molecule has 3 N–H and O–H groups in total. The van der Waals surface area contributed by atoms with Crippen LogP contribution in [0.1, 0.15) is 50.3 Å². The highest BCUT2D eigenvalue weighted by Crippen LogP contribution is 2.41. The molecule has 3 rings (SSSR count). The average Bonchev–Trinajstić information content (AvgIpc) is 3.20. The van der Waals surface area contributed by atoms with E-state index in [4.69, 9.17) is 25.8 Å². The molecular weight excluding hydrogens is 462 g/mol. The number of fused-ring (bicyclic) bond motifs is 1. The van der Waals surface area contributed by atoms with Crippen molar-refractivity contribution in [2.24, 2.45) is 0 Å². The van der Waals surface area contributed by atoms with Gasteiger partial charge in [0.15, 0.2) is 11.5 Å². The Bertz CT molecular complexity index is 1010. The molecule has 0 amide bonds. The number of rotatable bonds is 12. The van der Waals surface area contributed by atoms with Crippen LogP contribution in [0.15, 0.2) is 42.5 Å². The molecular formula is C25H30ClNO7. The lowest BCUT2D eigenvalue weighted by Gasteiger charge is -2.20. The minimum Gasteiger partial charge on any atom is -0.475 e. The second-order valence-corrected chi connectivity index (χ2v) is 8.77. The number of aliphatic hydroxyl groups excluding tert-OH is 1. The van der Waals surface area contributed by atoms with Gasteiger partial charge in [0.25, 0.3) is 0 Å². The quantitative estimate of drug-likeness (QED) is 0.233. The molecule has 1 heterocycles. The van der Waals surface area contributed by atoms with Crippen LogP contribution in [0.4, 0.5) is 0 Å². The van der Waals surface area contributed by atoms with Crippen molar-refractivity contribution < 1.29 is 34.0 Å². The Labute approximate surface area is 203 Å². The number of unbranched alkanes of at least 4 members (excludes halogenated alkanes) is 2. The van der Waals surface area contributed by atoms with Gasteiger partial charge in [0.2, 0.25) is 0 Å². The number of ether oxygens (including phenoxy) is 3. The van der Waals surface area contributed by atoms with Crippen LogP contribution < -0.4 is 14.8 Å². The van der Waals surface area contributed by atoms with Gasteiger partial charge >= 0.3 is 17.7 Å². The number of aliphatic carboxylic acids is 1. The third-order valence-corrected chi connectivity index (χ3v) is 5.72. The summed E-state index contributed by atoms with van der Waals surface area (Å²) in [4.78, 5) is 24.4. The average molecular weight is 492 g/mol. The summed E-state index contributed by atoms with van der Waals surface area (Å²) < 4.78 is 16.0. The summed E-state index contributed by atoms with van der Waals surface area (Å²) in [5.74, 6) is -4.88. The first-order chi connectivity index (χ1) is 16.2. The summed E-state index contributed by atoms with van der Waals surface area (Å²) in [6.07, 6.45) is 2.29. The van der Waals surface area contributed by atoms with Crippen molar-refractivity contribution in [2.45, 2.75) is 57.5 Å². The van der Waals surface area contributed by atoms with E-state index in [1.165, 1.54) is 0 Å². The summed E-state index contributed by atoms with van der Waals surface area (Å²) in [5.41, 5.74) is 1.57. The monoisotopic (exact) mass is 491 g/mol. The molecule has 2 aromatic carbocycles. The second-order valence-electron chi connectivity index (χ2n) is 8.33. The van der Waals surface area contributed by atoms with Gasteiger partial charge in [-0.2, -0.15) is 0 Å². The molecule has 0 aromatic heterocycles. The van der Waals surface area contributed by atoms with Crippen LogP contribution in [0.25, 0.3) is 0 Å². The van der Waals surface area contributed by atoms with Gasteiger partial charge in [-0.1, -0.05) is 49.6 Å². The number of aliphatic hydroxyl groups is 1. The molecule has 9 heteroatoms. The zero-order valence-corrected chi connectivity index (χ0v) is 20.0. The maximum absolute atomic E-state index is 12.5. The molecule has 184 valence electrons. The zero-order chi connectivity index (χ0) is 24.7. The minimum absolute atomic E-state index is 0.0121. The van der Waals surface area contributed by atoms with Crippen molar-refractivity contribution in [3.63, 3.8) is 0 Å². The van der Waals surface area contributed by atoms with E-state index >= 15 is 0 Å². The van der Waals surface area contributed by atoms with Gasteiger partial charge in [-0.15, -0.1) is 0 Å². The standard InChI is InChI=1S/C25H30ClNO7/c1-3-4-5-11-32-24(31)25(23(29)30)33-21-10-9-17(13-22(21)34-25)12-16(2)27-15-20(28)18-7-6-8-19(26)14-18/h6-10,13-14,16,20,27-28H,3-5,11-12,15H2,1-2H3,(H,29,30). The summed E-state index contributed by atoms with van der Waals surface area (Å²) in [6.45, 7) is 4.40. The molecule has 2 aromatic rings. The number of carbonyl (C=O) groups excluding carboxylic acids is 1. The highest BCUT2D eigenvalue weighted by Gasteiger charge is 2.58. The Morgan fingerprint density at radius 1 is 1.15 bits per heavy atom. The van der Waals surface area contributed by atoms with Gasteiger partial charge in [-0.3, -0.25) is 0 Å². The van der Waals surface area contributed by atoms with Gasteiger partial charge in [0, 0.05) is 17.6 Å². The van der Waals surface area contributed by atoms with E-state index in [1.54, 1.807) is 36.4 Å². The number of carboxylic acid groups (broad SMARTS) is 1. The number of esters is 1. The number of halogens is 1. The summed E-state index contributed by atoms with van der Waals surface area (Å²) >= 11 is 5.98. The molecule has 1 aliphatic heterocycles. The predicted octanol–water partition coefficient (Wildman–Crippen LogP) is 3.88. The fourth-order valence-corrected chi connectivity index (χ4v) is 3.81. The van der Waals surface area contributed by atoms with Crippen LogP contribution >= 0.6 is 11.6 Å². The van der Waals surface area contributed by atoms with Crippen LogP contribution in [0.3, 0.4) is 0 Å². The van der Waals surface area contributed by atoms with Gasteiger partial charge in [0.05, 0.1) is 12.7 Å². The number of hydrogen-bond acceptors (Lipinski definition) is 7. The van der Waals surface area contributed by atoms with E-state index in [0.717, 1.165) is 24.0 Å². The van der Waals surface area contributed by atoms with Gasteiger partial charge < -0.3 is 29.7 Å². The van der Waals surface area contributed by atoms with Gasteiger partial charge in [-0.25, -0.2) is 9.59 Å². The van der Waals surface area contributed by atoms with Crippen molar-refractivity contribution in [1.82, 2.24) is 5.32 Å². The Kier molecular flexibility index (Phi) is 8.77. The largest absolute Gasteiger partial charge is 0.475 e. The lowest BCUT2D eigenvalue weighted by atomic mass is 10.1. The molecule has 0 aliphatic carbocycles. The van der Waals surface area contributed by atoms with E-state index in [2.05, 4.69) is 5.32 Å². The van der Waals surface area contributed by atoms with Gasteiger partial charge in [-0.05, 0) is 55.2 Å². The molecule has 0 saturated heterocycles. The van der Waals surface area contributed by atoms with E-state index in [1.807, 2.05) is 19.9 Å². The highest BCUT2D eigenvalue weighted by atomic mass is 35.5. The normalized spacial score (nSPS) is 18.4. The molecule has 1 aliphatic rings. The summed E-state index contributed by atoms with van der Waals surface area (Å²) in [5, 5.41) is 23.9. The third-order valence-electron chi connectivity index (χ3n) is 5.48. The van der Waals surface area contributed by atoms with Crippen LogP contribution in [-0.4, -0.2) is 47.1 Å². The Balaban J connectivity index is 1.59. The predicted molar refractivity (Wildman–Crippen MR) is 126 cm³/mol. The number of carboxylic acids is 1. The second kappa shape index (κ2) is 11.6. The van der Waals surface area contributed by atoms with Crippen LogP contribution in [0.2, 0.25) is 5.02 Å². The topological polar surface area (TPSA) is 114 Å². The first-order valence-electron chi connectivity index (χ1n) is 11.3. The number of hydrogen-bond donors (Lipinski definition) is 3. The van der Waals surface area contributed by atoms with E-state index in [-0.39, 0.29) is 24.1 Å². The van der Waals surface area contributed by atoms with Crippen molar-refractivity contribution in [3.05, 3.63) is 58.6 Å². The molecule has 34 heavy (non-hydrogen) atoms.